The molecule has 8 heteroatoms. The summed E-state index contributed by atoms with van der Waals surface area (Å²) in [5.74, 6) is -0.968. The van der Waals surface area contributed by atoms with Crippen LogP contribution in [-0.4, -0.2) is 39.4 Å². The van der Waals surface area contributed by atoms with Gasteiger partial charge < -0.3 is 15.5 Å². The second kappa shape index (κ2) is 8.86. The van der Waals surface area contributed by atoms with Gasteiger partial charge in [0.25, 0.3) is 0 Å². The van der Waals surface area contributed by atoms with E-state index in [1.807, 2.05) is 31.2 Å². The van der Waals surface area contributed by atoms with Gasteiger partial charge in [-0.15, -0.1) is 0 Å². The third-order valence-electron chi connectivity index (χ3n) is 5.19. The Hall–Kier alpha value is -3.62. The van der Waals surface area contributed by atoms with E-state index >= 15 is 0 Å². The summed E-state index contributed by atoms with van der Waals surface area (Å²) in [7, 11) is 0. The zero-order valence-electron chi connectivity index (χ0n) is 17.4. The van der Waals surface area contributed by atoms with E-state index in [9.17, 15) is 19.0 Å². The number of anilines is 3. The van der Waals surface area contributed by atoms with Gasteiger partial charge in [-0.2, -0.15) is 4.98 Å². The summed E-state index contributed by atoms with van der Waals surface area (Å²) in [6.45, 7) is 5.28. The lowest BCUT2D eigenvalue weighted by Gasteiger charge is -2.30. The zero-order chi connectivity index (χ0) is 22.8. The van der Waals surface area contributed by atoms with Gasteiger partial charge in [0.05, 0.1) is 30.6 Å². The molecule has 32 heavy (non-hydrogen) atoms. The first kappa shape index (κ1) is 21.6. The quantitative estimate of drug-likeness (QED) is 0.538. The predicted octanol–water partition coefficient (Wildman–Crippen LogP) is 4.17. The molecule has 1 aliphatic heterocycles. The van der Waals surface area contributed by atoms with Crippen LogP contribution in [0.15, 0.2) is 60.8 Å². The molecule has 0 radical (unpaired) electrons. The second-order valence-electron chi connectivity index (χ2n) is 7.41. The molecule has 0 fully saturated rings. The normalized spacial score (nSPS) is 12.9. The van der Waals surface area contributed by atoms with Gasteiger partial charge in [0, 0.05) is 22.9 Å². The van der Waals surface area contributed by atoms with Crippen molar-refractivity contribution >= 4 is 23.5 Å². The van der Waals surface area contributed by atoms with Crippen molar-refractivity contribution in [1.82, 2.24) is 9.97 Å². The van der Waals surface area contributed by atoms with Crippen molar-refractivity contribution in [2.24, 2.45) is 0 Å². The number of fused-ring (bicyclic) bond motifs is 1. The third-order valence-corrected chi connectivity index (χ3v) is 5.19. The number of hydrogen-bond donors (Lipinski definition) is 3. The van der Waals surface area contributed by atoms with Crippen LogP contribution in [-0.2, 0) is 0 Å². The Morgan fingerprint density at radius 2 is 1.81 bits per heavy atom. The zero-order valence-corrected chi connectivity index (χ0v) is 17.4. The molecule has 0 bridgehead atoms. The molecular formula is C24H22F2N4O2. The van der Waals surface area contributed by atoms with E-state index in [4.69, 9.17) is 0 Å². The number of aliphatic hydroxyl groups excluding tert-OH is 2. The van der Waals surface area contributed by atoms with Crippen LogP contribution >= 0.6 is 0 Å². The number of aliphatic hydroxyl groups is 2. The maximum absolute atomic E-state index is 14.7. The van der Waals surface area contributed by atoms with Crippen LogP contribution in [0.4, 0.5) is 26.2 Å². The molecule has 2 heterocycles. The average molecular weight is 436 g/mol. The monoisotopic (exact) mass is 436 g/mol. The van der Waals surface area contributed by atoms with Crippen molar-refractivity contribution in [3.05, 3.63) is 83.6 Å². The van der Waals surface area contributed by atoms with Crippen LogP contribution in [0.3, 0.4) is 0 Å². The van der Waals surface area contributed by atoms with Gasteiger partial charge in [-0.25, -0.2) is 13.8 Å². The number of halogens is 2. The molecule has 1 aromatic heterocycles. The molecule has 3 aromatic rings. The Balaban J connectivity index is 1.96. The highest BCUT2D eigenvalue weighted by Crippen LogP contribution is 2.41. The molecule has 3 N–H and O–H groups in total. The molecular weight excluding hydrogens is 414 g/mol. The van der Waals surface area contributed by atoms with Gasteiger partial charge >= 0.3 is 0 Å². The van der Waals surface area contributed by atoms with Crippen LogP contribution in [0, 0.1) is 18.6 Å². The highest BCUT2D eigenvalue weighted by Gasteiger charge is 2.27. The van der Waals surface area contributed by atoms with E-state index < -0.39 is 17.7 Å². The van der Waals surface area contributed by atoms with Gasteiger partial charge in [0.1, 0.15) is 11.6 Å². The smallest absolute Gasteiger partial charge is 0.225 e. The van der Waals surface area contributed by atoms with E-state index in [-0.39, 0.29) is 24.8 Å². The number of aryl methyl sites for hydroxylation is 1. The van der Waals surface area contributed by atoms with Gasteiger partial charge in [-0.1, -0.05) is 30.8 Å². The first-order valence-electron chi connectivity index (χ1n) is 10.0. The highest BCUT2D eigenvalue weighted by atomic mass is 19.1. The van der Waals surface area contributed by atoms with E-state index in [0.29, 0.717) is 22.8 Å². The lowest BCUT2D eigenvalue weighted by atomic mass is 9.99. The van der Waals surface area contributed by atoms with Crippen LogP contribution in [0.1, 0.15) is 11.1 Å². The molecule has 164 valence electrons. The fourth-order valence-corrected chi connectivity index (χ4v) is 3.54. The molecule has 0 spiro atoms. The molecule has 1 aliphatic rings. The number of benzene rings is 2. The van der Waals surface area contributed by atoms with Crippen LogP contribution in [0.2, 0.25) is 0 Å². The second-order valence-corrected chi connectivity index (χ2v) is 7.41. The fraction of sp³-hybridized carbons (Fsp3) is 0.167. The molecule has 0 aliphatic carbocycles. The summed E-state index contributed by atoms with van der Waals surface area (Å²) in [6.07, 6.45) is 3.52. The van der Waals surface area contributed by atoms with Crippen molar-refractivity contribution < 1.29 is 19.0 Å². The lowest BCUT2D eigenvalue weighted by Crippen LogP contribution is -2.29. The first-order chi connectivity index (χ1) is 15.4. The molecule has 0 saturated heterocycles. The molecule has 0 saturated carbocycles. The van der Waals surface area contributed by atoms with Crippen LogP contribution in [0.25, 0.3) is 17.3 Å². The summed E-state index contributed by atoms with van der Waals surface area (Å²) < 4.78 is 28.3. The van der Waals surface area contributed by atoms with Gasteiger partial charge in [-0.3, -0.25) is 4.90 Å². The largest absolute Gasteiger partial charge is 0.394 e. The molecule has 0 atom stereocenters. The molecule has 6 nitrogen and oxygen atoms in total. The minimum Gasteiger partial charge on any atom is -0.394 e. The minimum atomic E-state index is -0.762. The molecule has 2 aromatic carbocycles. The number of allylic oxidation sites excluding steroid dienone is 1. The molecule has 0 amide bonds. The number of nitrogens with one attached hydrogen (secondary N) is 1. The Morgan fingerprint density at radius 1 is 1.06 bits per heavy atom. The third kappa shape index (κ3) is 3.98. The van der Waals surface area contributed by atoms with Crippen molar-refractivity contribution in [2.75, 3.05) is 23.4 Å². The van der Waals surface area contributed by atoms with Gasteiger partial charge in [0.15, 0.2) is 5.82 Å². The summed E-state index contributed by atoms with van der Waals surface area (Å²) in [5.41, 5.74) is 3.55. The van der Waals surface area contributed by atoms with Crippen LogP contribution < -0.4 is 10.2 Å². The summed E-state index contributed by atoms with van der Waals surface area (Å²) in [6, 6.07) is 10.3. The van der Waals surface area contributed by atoms with Crippen molar-refractivity contribution in [1.29, 1.82) is 0 Å². The average Bonchev–Trinajstić information content (AvgIpc) is 2.78. The summed E-state index contributed by atoms with van der Waals surface area (Å²) >= 11 is 0. The standard InChI is InChI=1S/C24H22F2N4O2/c1-14-5-3-4-6-18(14)22-19-9-7-15(2)30(21-10-8-16(25)11-20(21)26)23(19)29-24(28-22)27-17(12-31)13-32/h3-11,17,31-32H,2,12-13H2,1H3,(H,27,28,29). The topological polar surface area (TPSA) is 81.5 Å². The number of nitrogens with zero attached hydrogens (tertiary/aromatic N) is 3. The SMILES string of the molecule is C=C1C=Cc2c(-c3ccccc3C)nc(NC(CO)CO)nc2N1c1ccc(F)cc1F. The van der Waals surface area contributed by atoms with E-state index in [1.165, 1.54) is 17.0 Å². The van der Waals surface area contributed by atoms with Crippen LogP contribution in [0.5, 0.6) is 0 Å². The van der Waals surface area contributed by atoms with Gasteiger partial charge in [-0.05, 0) is 36.8 Å². The summed E-state index contributed by atoms with van der Waals surface area (Å²) in [4.78, 5) is 10.7. The molecule has 0 unspecified atom stereocenters. The molecule has 4 rings (SSSR count). The van der Waals surface area contributed by atoms with E-state index in [2.05, 4.69) is 21.9 Å². The summed E-state index contributed by atoms with van der Waals surface area (Å²) in [5, 5.41) is 21.9. The first-order valence-corrected chi connectivity index (χ1v) is 10.0. The Bertz CT molecular complexity index is 1210. The Morgan fingerprint density at radius 3 is 2.50 bits per heavy atom. The number of aromatic nitrogens is 2. The fourth-order valence-electron chi connectivity index (χ4n) is 3.54. The number of hydrogen-bond acceptors (Lipinski definition) is 6. The van der Waals surface area contributed by atoms with E-state index in [1.54, 1.807) is 12.2 Å². The van der Waals surface area contributed by atoms with Crippen molar-refractivity contribution in [2.45, 2.75) is 13.0 Å². The van der Waals surface area contributed by atoms with E-state index in [0.717, 1.165) is 17.2 Å². The maximum atomic E-state index is 14.7. The van der Waals surface area contributed by atoms with Crippen molar-refractivity contribution in [3.63, 3.8) is 0 Å². The highest BCUT2D eigenvalue weighted by molar-refractivity contribution is 5.88. The minimum absolute atomic E-state index is 0.0863. The Kier molecular flexibility index (Phi) is 5.98. The maximum Gasteiger partial charge on any atom is 0.225 e. The van der Waals surface area contributed by atoms with Crippen molar-refractivity contribution in [3.8, 4) is 11.3 Å². The van der Waals surface area contributed by atoms with Gasteiger partial charge in [0.2, 0.25) is 5.95 Å². The Labute approximate surface area is 184 Å². The predicted molar refractivity (Wildman–Crippen MR) is 120 cm³/mol. The lowest BCUT2D eigenvalue weighted by molar-refractivity contribution is 0.203. The number of rotatable bonds is 6.